The van der Waals surface area contributed by atoms with Crippen LogP contribution in [0, 0.1) is 5.92 Å². The molecule has 0 spiro atoms. The largest absolute Gasteiger partial charge is 0.481 e. The van der Waals surface area contributed by atoms with E-state index in [1.807, 2.05) is 0 Å². The maximum Gasteiger partial charge on any atom is 0.318 e. The van der Waals surface area contributed by atoms with Crippen LogP contribution in [0.3, 0.4) is 0 Å². The van der Waals surface area contributed by atoms with Crippen molar-refractivity contribution in [1.82, 2.24) is 0 Å². The Hall–Kier alpha value is -1.62. The third-order valence-electron chi connectivity index (χ3n) is 2.02. The molecule has 80 valence electrons. The Morgan fingerprint density at radius 1 is 1.40 bits per heavy atom. The van der Waals surface area contributed by atoms with Crippen molar-refractivity contribution in [3.05, 3.63) is 35.0 Å². The Labute approximate surface area is 90.5 Å². The fourth-order valence-corrected chi connectivity index (χ4v) is 2.17. The van der Waals surface area contributed by atoms with Crippen molar-refractivity contribution in [3.63, 3.8) is 0 Å². The second kappa shape index (κ2) is 4.75. The molecule has 0 saturated carbocycles. The second-order valence-electron chi connectivity index (χ2n) is 2.93. The Morgan fingerprint density at radius 3 is 2.33 bits per heavy atom. The van der Waals surface area contributed by atoms with Crippen molar-refractivity contribution >= 4 is 23.3 Å². The highest BCUT2D eigenvalue weighted by atomic mass is 32.1. The summed E-state index contributed by atoms with van der Waals surface area (Å²) < 4.78 is 0. The van der Waals surface area contributed by atoms with Crippen molar-refractivity contribution in [2.75, 3.05) is 0 Å². The number of hydrogen-bond donors (Lipinski definition) is 2. The third-order valence-corrected chi connectivity index (χ3v) is 2.99. The molecule has 5 heteroatoms. The quantitative estimate of drug-likeness (QED) is 0.593. The Kier molecular flexibility index (Phi) is 3.62. The molecule has 0 aliphatic heterocycles. The zero-order chi connectivity index (χ0) is 11.4. The molecule has 1 rings (SSSR count). The lowest BCUT2D eigenvalue weighted by molar-refractivity contribution is -0.155. The predicted molar refractivity (Wildman–Crippen MR) is 56.0 cm³/mol. The lowest BCUT2D eigenvalue weighted by Crippen LogP contribution is -2.28. The van der Waals surface area contributed by atoms with E-state index in [1.54, 1.807) is 17.5 Å². The summed E-state index contributed by atoms with van der Waals surface area (Å²) in [6.07, 6.45) is 1.36. The fourth-order valence-electron chi connectivity index (χ4n) is 1.31. The van der Waals surface area contributed by atoms with Crippen molar-refractivity contribution in [1.29, 1.82) is 0 Å². The van der Waals surface area contributed by atoms with Gasteiger partial charge in [-0.2, -0.15) is 0 Å². The van der Waals surface area contributed by atoms with Crippen LogP contribution < -0.4 is 0 Å². The van der Waals surface area contributed by atoms with Gasteiger partial charge < -0.3 is 10.2 Å². The number of carboxylic acid groups (broad SMARTS) is 2. The van der Waals surface area contributed by atoms with Gasteiger partial charge in [0.25, 0.3) is 0 Å². The van der Waals surface area contributed by atoms with Crippen LogP contribution in [0.4, 0.5) is 0 Å². The molecular formula is C10H10O4S. The first kappa shape index (κ1) is 11.5. The van der Waals surface area contributed by atoms with Crippen molar-refractivity contribution in [2.45, 2.75) is 5.92 Å². The lowest BCUT2D eigenvalue weighted by atomic mass is 9.91. The van der Waals surface area contributed by atoms with Crippen LogP contribution >= 0.6 is 11.3 Å². The first-order valence-corrected chi connectivity index (χ1v) is 5.07. The van der Waals surface area contributed by atoms with E-state index in [9.17, 15) is 9.59 Å². The summed E-state index contributed by atoms with van der Waals surface area (Å²) in [5.74, 6) is -4.84. The smallest absolute Gasteiger partial charge is 0.318 e. The summed E-state index contributed by atoms with van der Waals surface area (Å²) in [6, 6.07) is 3.45. The molecule has 2 N–H and O–H groups in total. The van der Waals surface area contributed by atoms with Gasteiger partial charge >= 0.3 is 11.9 Å². The van der Waals surface area contributed by atoms with Crippen LogP contribution in [0.5, 0.6) is 0 Å². The van der Waals surface area contributed by atoms with E-state index in [-0.39, 0.29) is 0 Å². The summed E-state index contributed by atoms with van der Waals surface area (Å²) in [6.45, 7) is 3.48. The number of allylic oxidation sites excluding steroid dienone is 1. The number of thiophene rings is 1. The molecule has 0 radical (unpaired) electrons. The highest BCUT2D eigenvalue weighted by Gasteiger charge is 2.34. The van der Waals surface area contributed by atoms with Crippen LogP contribution in [-0.4, -0.2) is 22.2 Å². The van der Waals surface area contributed by atoms with Crippen LogP contribution in [0.1, 0.15) is 10.8 Å². The number of carboxylic acids is 2. The summed E-state index contributed by atoms with van der Waals surface area (Å²) in [4.78, 5) is 22.3. The van der Waals surface area contributed by atoms with E-state index < -0.39 is 23.8 Å². The first-order valence-electron chi connectivity index (χ1n) is 4.19. The molecule has 4 nitrogen and oxygen atoms in total. The van der Waals surface area contributed by atoms with Gasteiger partial charge in [0.1, 0.15) is 0 Å². The number of hydrogen-bond acceptors (Lipinski definition) is 3. The monoisotopic (exact) mass is 226 g/mol. The summed E-state index contributed by atoms with van der Waals surface area (Å²) >= 11 is 1.32. The molecule has 1 aromatic rings. The van der Waals surface area contributed by atoms with Crippen LogP contribution in [-0.2, 0) is 9.59 Å². The van der Waals surface area contributed by atoms with Gasteiger partial charge in [-0.05, 0) is 11.4 Å². The minimum Gasteiger partial charge on any atom is -0.481 e. The zero-order valence-electron chi connectivity index (χ0n) is 7.79. The molecule has 1 atom stereocenters. The molecule has 0 fully saturated rings. The SMILES string of the molecule is C=CC(c1cccs1)C(C(=O)O)C(=O)O. The average Bonchev–Trinajstić information content (AvgIpc) is 2.64. The molecule has 1 unspecified atom stereocenters. The molecule has 0 saturated heterocycles. The van der Waals surface area contributed by atoms with Crippen molar-refractivity contribution in [3.8, 4) is 0 Å². The van der Waals surface area contributed by atoms with Gasteiger partial charge in [0.15, 0.2) is 5.92 Å². The Balaban J connectivity index is 3.04. The number of aliphatic carboxylic acids is 2. The fraction of sp³-hybridized carbons (Fsp3) is 0.200. The Bertz CT molecular complexity index is 355. The molecule has 15 heavy (non-hydrogen) atoms. The topological polar surface area (TPSA) is 74.6 Å². The van der Waals surface area contributed by atoms with Gasteiger partial charge in [0.2, 0.25) is 0 Å². The standard InChI is InChI=1S/C10H10O4S/c1-2-6(7-4-3-5-15-7)8(9(11)12)10(13)14/h2-6,8H,1H2,(H,11,12)(H,13,14). The second-order valence-corrected chi connectivity index (χ2v) is 3.91. The van der Waals surface area contributed by atoms with Crippen molar-refractivity contribution in [2.24, 2.45) is 5.92 Å². The Morgan fingerprint density at radius 2 is 2.00 bits per heavy atom. The normalized spacial score (nSPS) is 12.3. The first-order chi connectivity index (χ1) is 7.07. The molecule has 0 amide bonds. The summed E-state index contributed by atoms with van der Waals surface area (Å²) in [5.41, 5.74) is 0. The lowest BCUT2D eigenvalue weighted by Gasteiger charge is -2.15. The van der Waals surface area contributed by atoms with E-state index in [1.165, 1.54) is 17.4 Å². The molecule has 0 aliphatic rings. The van der Waals surface area contributed by atoms with Gasteiger partial charge in [-0.15, -0.1) is 17.9 Å². The minimum absolute atomic E-state index is 0.681. The number of rotatable bonds is 5. The minimum atomic E-state index is -1.47. The number of carbonyl (C=O) groups is 2. The van der Waals surface area contributed by atoms with E-state index in [0.29, 0.717) is 4.88 Å². The van der Waals surface area contributed by atoms with Gasteiger partial charge in [0.05, 0.1) is 0 Å². The van der Waals surface area contributed by atoms with Gasteiger partial charge in [0, 0.05) is 10.8 Å². The van der Waals surface area contributed by atoms with E-state index in [2.05, 4.69) is 6.58 Å². The van der Waals surface area contributed by atoms with Gasteiger partial charge in [-0.3, -0.25) is 9.59 Å². The van der Waals surface area contributed by atoms with Crippen molar-refractivity contribution < 1.29 is 19.8 Å². The van der Waals surface area contributed by atoms with Gasteiger partial charge in [-0.25, -0.2) is 0 Å². The highest BCUT2D eigenvalue weighted by molar-refractivity contribution is 7.10. The van der Waals surface area contributed by atoms with Crippen LogP contribution in [0.15, 0.2) is 30.2 Å². The van der Waals surface area contributed by atoms with Crippen LogP contribution in [0.25, 0.3) is 0 Å². The maximum atomic E-state index is 10.8. The maximum absolute atomic E-state index is 10.8. The molecular weight excluding hydrogens is 216 g/mol. The van der Waals surface area contributed by atoms with E-state index in [4.69, 9.17) is 10.2 Å². The summed E-state index contributed by atoms with van der Waals surface area (Å²) in [7, 11) is 0. The molecule has 0 bridgehead atoms. The third kappa shape index (κ3) is 2.44. The van der Waals surface area contributed by atoms with Crippen LogP contribution in [0.2, 0.25) is 0 Å². The predicted octanol–water partition coefficient (Wildman–Crippen LogP) is 1.80. The molecule has 1 aromatic heterocycles. The summed E-state index contributed by atoms with van der Waals surface area (Å²) in [5, 5.41) is 19.4. The van der Waals surface area contributed by atoms with E-state index in [0.717, 1.165) is 0 Å². The molecule has 1 heterocycles. The average molecular weight is 226 g/mol. The van der Waals surface area contributed by atoms with Gasteiger partial charge in [-0.1, -0.05) is 12.1 Å². The molecule has 0 aliphatic carbocycles. The zero-order valence-corrected chi connectivity index (χ0v) is 8.61. The van der Waals surface area contributed by atoms with E-state index >= 15 is 0 Å². The molecule has 0 aromatic carbocycles. The highest BCUT2D eigenvalue weighted by Crippen LogP contribution is 2.29.